The monoisotopic (exact) mass is 271 g/mol. The number of nitrogens with two attached hydrogens (primary N) is 1. The highest BCUT2D eigenvalue weighted by molar-refractivity contribution is 5.87. The SMILES string of the molecule is Cc1cccc(Nc2nc3[nH]nc(N)c3cc2F)c1C. The van der Waals surface area contributed by atoms with Crippen LogP contribution in [-0.2, 0) is 0 Å². The van der Waals surface area contributed by atoms with Gasteiger partial charge in [-0.3, -0.25) is 5.10 Å². The number of aromatic amines is 1. The molecule has 4 N–H and O–H groups in total. The van der Waals surface area contributed by atoms with Crippen molar-refractivity contribution < 1.29 is 4.39 Å². The summed E-state index contributed by atoms with van der Waals surface area (Å²) in [5.74, 6) is -0.0777. The quantitative estimate of drug-likeness (QED) is 0.669. The van der Waals surface area contributed by atoms with E-state index in [1.165, 1.54) is 6.07 Å². The molecule has 0 saturated heterocycles. The molecule has 1 aromatic carbocycles. The van der Waals surface area contributed by atoms with Gasteiger partial charge in [0.15, 0.2) is 23.1 Å². The van der Waals surface area contributed by atoms with Gasteiger partial charge in [0.2, 0.25) is 0 Å². The van der Waals surface area contributed by atoms with Gasteiger partial charge in [0.1, 0.15) is 0 Å². The van der Waals surface area contributed by atoms with Crippen molar-refractivity contribution in [3.63, 3.8) is 0 Å². The Labute approximate surface area is 115 Å². The van der Waals surface area contributed by atoms with Crippen molar-refractivity contribution in [1.82, 2.24) is 15.2 Å². The molecule has 0 unspecified atom stereocenters. The Kier molecular flexibility index (Phi) is 2.78. The van der Waals surface area contributed by atoms with E-state index in [-0.39, 0.29) is 11.6 Å². The lowest BCUT2D eigenvalue weighted by Gasteiger charge is -2.11. The summed E-state index contributed by atoms with van der Waals surface area (Å²) in [6.07, 6.45) is 0. The number of aryl methyl sites for hydroxylation is 1. The molecule has 6 heteroatoms. The highest BCUT2D eigenvalue weighted by atomic mass is 19.1. The number of nitrogens with zero attached hydrogens (tertiary/aromatic N) is 2. The Balaban J connectivity index is 2.06. The maximum absolute atomic E-state index is 14.1. The van der Waals surface area contributed by atoms with E-state index in [1.54, 1.807) is 0 Å². The van der Waals surface area contributed by atoms with Crippen LogP contribution in [-0.4, -0.2) is 15.2 Å². The minimum absolute atomic E-state index is 0.148. The lowest BCUT2D eigenvalue weighted by Crippen LogP contribution is -2.00. The largest absolute Gasteiger partial charge is 0.382 e. The van der Waals surface area contributed by atoms with E-state index in [9.17, 15) is 4.39 Å². The molecule has 3 rings (SSSR count). The summed E-state index contributed by atoms with van der Waals surface area (Å²) in [4.78, 5) is 4.18. The zero-order valence-electron chi connectivity index (χ0n) is 11.2. The maximum Gasteiger partial charge on any atom is 0.169 e. The van der Waals surface area contributed by atoms with E-state index in [0.717, 1.165) is 16.8 Å². The van der Waals surface area contributed by atoms with Gasteiger partial charge in [0.05, 0.1) is 5.39 Å². The van der Waals surface area contributed by atoms with Crippen LogP contribution >= 0.6 is 0 Å². The first-order valence-corrected chi connectivity index (χ1v) is 6.19. The lowest BCUT2D eigenvalue weighted by atomic mass is 10.1. The normalized spacial score (nSPS) is 10.9. The van der Waals surface area contributed by atoms with Crippen LogP contribution < -0.4 is 11.1 Å². The van der Waals surface area contributed by atoms with Gasteiger partial charge in [0.25, 0.3) is 0 Å². The number of nitrogens with one attached hydrogen (secondary N) is 2. The summed E-state index contributed by atoms with van der Waals surface area (Å²) in [6, 6.07) is 7.13. The number of nitrogen functional groups attached to an aromatic ring is 1. The second kappa shape index (κ2) is 4.48. The van der Waals surface area contributed by atoms with Gasteiger partial charge in [-0.2, -0.15) is 5.10 Å². The number of aromatic nitrogens is 3. The molecule has 0 aliphatic rings. The fourth-order valence-electron chi connectivity index (χ4n) is 2.04. The molecule has 102 valence electrons. The van der Waals surface area contributed by atoms with E-state index >= 15 is 0 Å². The second-order valence-electron chi connectivity index (χ2n) is 4.70. The summed E-state index contributed by atoms with van der Waals surface area (Å²) in [7, 11) is 0. The summed E-state index contributed by atoms with van der Waals surface area (Å²) in [5, 5.41) is 9.98. The number of H-pyrrole nitrogens is 1. The number of halogens is 1. The van der Waals surface area contributed by atoms with Crippen LogP contribution in [0.1, 0.15) is 11.1 Å². The van der Waals surface area contributed by atoms with Gasteiger partial charge in [-0.25, -0.2) is 9.37 Å². The molecule has 20 heavy (non-hydrogen) atoms. The number of benzene rings is 1. The molecule has 0 atom stereocenters. The maximum atomic E-state index is 14.1. The average molecular weight is 271 g/mol. The molecule has 0 radical (unpaired) electrons. The number of hydrogen-bond acceptors (Lipinski definition) is 4. The first-order chi connectivity index (χ1) is 9.56. The molecular weight excluding hydrogens is 257 g/mol. The Bertz CT molecular complexity index is 794. The van der Waals surface area contributed by atoms with E-state index in [4.69, 9.17) is 5.73 Å². The van der Waals surface area contributed by atoms with Crippen molar-refractivity contribution in [2.24, 2.45) is 0 Å². The summed E-state index contributed by atoms with van der Waals surface area (Å²) >= 11 is 0. The third-order valence-corrected chi connectivity index (χ3v) is 3.39. The van der Waals surface area contributed by atoms with Crippen LogP contribution in [0, 0.1) is 19.7 Å². The third-order valence-electron chi connectivity index (χ3n) is 3.39. The van der Waals surface area contributed by atoms with Gasteiger partial charge in [-0.1, -0.05) is 12.1 Å². The molecule has 2 aromatic heterocycles. The molecule has 0 fully saturated rings. The summed E-state index contributed by atoms with van der Waals surface area (Å²) in [5.41, 5.74) is 9.08. The van der Waals surface area contributed by atoms with Crippen molar-refractivity contribution in [1.29, 1.82) is 0 Å². The van der Waals surface area contributed by atoms with E-state index in [2.05, 4.69) is 20.5 Å². The molecule has 0 aliphatic carbocycles. The van der Waals surface area contributed by atoms with Gasteiger partial charge in [-0.15, -0.1) is 0 Å². The van der Waals surface area contributed by atoms with Crippen molar-refractivity contribution >= 4 is 28.4 Å². The topological polar surface area (TPSA) is 79.6 Å². The standard InChI is InChI=1S/C14H14FN5/c1-7-4-3-5-11(8(7)2)17-14-10(15)6-9-12(16)19-20-13(9)18-14/h3-6H,1-2H3,(H4,16,17,18,19,20). The second-order valence-corrected chi connectivity index (χ2v) is 4.70. The minimum atomic E-state index is -0.466. The molecule has 0 spiro atoms. The van der Waals surface area contributed by atoms with Crippen molar-refractivity contribution in [3.05, 3.63) is 41.2 Å². The molecule has 0 bridgehead atoms. The highest BCUT2D eigenvalue weighted by Crippen LogP contribution is 2.26. The van der Waals surface area contributed by atoms with Crippen LogP contribution in [0.3, 0.4) is 0 Å². The molecule has 0 aliphatic heterocycles. The van der Waals surface area contributed by atoms with E-state index < -0.39 is 5.82 Å². The summed E-state index contributed by atoms with van der Waals surface area (Å²) < 4.78 is 14.1. The van der Waals surface area contributed by atoms with Crippen LogP contribution in [0.25, 0.3) is 11.0 Å². The van der Waals surface area contributed by atoms with E-state index in [1.807, 2.05) is 32.0 Å². The zero-order chi connectivity index (χ0) is 14.3. The predicted molar refractivity (Wildman–Crippen MR) is 77.5 cm³/mol. The van der Waals surface area contributed by atoms with Crippen LogP contribution in [0.15, 0.2) is 24.3 Å². The van der Waals surface area contributed by atoms with Gasteiger partial charge < -0.3 is 11.1 Å². The van der Waals surface area contributed by atoms with Crippen LogP contribution in [0.4, 0.5) is 21.7 Å². The first kappa shape index (κ1) is 12.4. The molecule has 0 saturated carbocycles. The first-order valence-electron chi connectivity index (χ1n) is 6.19. The van der Waals surface area contributed by atoms with Gasteiger partial charge >= 0.3 is 0 Å². The Hall–Kier alpha value is -2.63. The Morgan fingerprint density at radius 3 is 2.90 bits per heavy atom. The number of hydrogen-bond donors (Lipinski definition) is 3. The smallest absolute Gasteiger partial charge is 0.169 e. The molecular formula is C14H14FN5. The average Bonchev–Trinajstić information content (AvgIpc) is 2.77. The number of anilines is 3. The number of pyridine rings is 1. The number of rotatable bonds is 2. The summed E-state index contributed by atoms with van der Waals surface area (Å²) in [6.45, 7) is 3.98. The fraction of sp³-hybridized carbons (Fsp3) is 0.143. The third kappa shape index (κ3) is 1.95. The Morgan fingerprint density at radius 1 is 1.30 bits per heavy atom. The van der Waals surface area contributed by atoms with Crippen molar-refractivity contribution in [2.45, 2.75) is 13.8 Å². The lowest BCUT2D eigenvalue weighted by molar-refractivity contribution is 0.629. The van der Waals surface area contributed by atoms with Gasteiger partial charge in [-0.05, 0) is 37.1 Å². The number of fused-ring (bicyclic) bond motifs is 1. The molecule has 0 amide bonds. The minimum Gasteiger partial charge on any atom is -0.382 e. The Morgan fingerprint density at radius 2 is 2.10 bits per heavy atom. The van der Waals surface area contributed by atoms with Crippen molar-refractivity contribution in [3.8, 4) is 0 Å². The molecule has 2 heterocycles. The van der Waals surface area contributed by atoms with E-state index in [0.29, 0.717) is 11.0 Å². The van der Waals surface area contributed by atoms with Crippen LogP contribution in [0.2, 0.25) is 0 Å². The predicted octanol–water partition coefficient (Wildman–Crippen LogP) is 3.04. The zero-order valence-corrected chi connectivity index (χ0v) is 11.2. The van der Waals surface area contributed by atoms with Gasteiger partial charge in [0, 0.05) is 5.69 Å². The highest BCUT2D eigenvalue weighted by Gasteiger charge is 2.12. The van der Waals surface area contributed by atoms with Crippen LogP contribution in [0.5, 0.6) is 0 Å². The molecule has 3 aromatic rings. The van der Waals surface area contributed by atoms with Crippen molar-refractivity contribution in [2.75, 3.05) is 11.1 Å². The fourth-order valence-corrected chi connectivity index (χ4v) is 2.04. The molecule has 5 nitrogen and oxygen atoms in total.